The van der Waals surface area contributed by atoms with E-state index in [1.54, 1.807) is 41.5 Å². The van der Waals surface area contributed by atoms with E-state index in [1.807, 2.05) is 5.32 Å². The summed E-state index contributed by atoms with van der Waals surface area (Å²) in [6, 6.07) is -10.2. The highest BCUT2D eigenvalue weighted by atomic mass is 16.4. The van der Waals surface area contributed by atoms with Crippen molar-refractivity contribution >= 4 is 47.3 Å². The number of amides is 7. The van der Waals surface area contributed by atoms with Crippen LogP contribution in [0.25, 0.3) is 0 Å². The number of hydrogen-bond donors (Lipinski definition) is 15. The fourth-order valence-corrected chi connectivity index (χ4v) is 5.39. The molecule has 0 spiro atoms. The van der Waals surface area contributed by atoms with Crippen molar-refractivity contribution in [2.45, 2.75) is 129 Å². The van der Waals surface area contributed by atoms with Crippen LogP contribution in [0.15, 0.2) is 12.4 Å². The number of carbonyl (C=O) groups is 8. The predicted octanol–water partition coefficient (Wildman–Crippen LogP) is -5.30. The Morgan fingerprint density at radius 3 is 1.53 bits per heavy atom. The molecular formula is C37H68N10O13. The summed E-state index contributed by atoms with van der Waals surface area (Å²) in [6.07, 6.45) is -1.70. The number of aliphatic hydroxyl groups is 4. The Labute approximate surface area is 350 Å². The molecule has 17 N–H and O–H groups in total. The Morgan fingerprint density at radius 2 is 1.08 bits per heavy atom. The van der Waals surface area contributed by atoms with Crippen LogP contribution >= 0.6 is 0 Å². The molecule has 23 heteroatoms. The van der Waals surface area contributed by atoms with Crippen LogP contribution in [-0.4, -0.2) is 154 Å². The maximum Gasteiger partial charge on any atom is 0.328 e. The minimum Gasteiger partial charge on any atom is -0.480 e. The summed E-state index contributed by atoms with van der Waals surface area (Å²) < 4.78 is 0. The van der Waals surface area contributed by atoms with Crippen molar-refractivity contribution in [1.29, 1.82) is 0 Å². The highest BCUT2D eigenvalue weighted by Gasteiger charge is 2.36. The van der Waals surface area contributed by atoms with E-state index in [2.05, 4.69) is 43.8 Å². The monoisotopic (exact) mass is 860 g/mol. The summed E-state index contributed by atoms with van der Waals surface area (Å²) in [5.74, 6) is -9.25. The molecule has 344 valence electrons. The number of aliphatic carboxylic acids is 1. The minimum atomic E-state index is -1.72. The van der Waals surface area contributed by atoms with Crippen molar-refractivity contribution in [2.24, 2.45) is 29.2 Å². The average molecular weight is 861 g/mol. The van der Waals surface area contributed by atoms with Gasteiger partial charge in [0.1, 0.15) is 42.3 Å². The van der Waals surface area contributed by atoms with Crippen molar-refractivity contribution in [1.82, 2.24) is 42.5 Å². The zero-order valence-electron chi connectivity index (χ0n) is 35.4. The van der Waals surface area contributed by atoms with Gasteiger partial charge in [0, 0.05) is 6.54 Å². The molecule has 0 saturated carbocycles. The Kier molecular flexibility index (Phi) is 25.3. The first-order valence-corrected chi connectivity index (χ1v) is 19.8. The molecule has 0 fully saturated rings. The number of aliphatic hydroxyl groups excluding tert-OH is 4. The van der Waals surface area contributed by atoms with E-state index in [-0.39, 0.29) is 31.1 Å². The number of carboxylic acid groups (broad SMARTS) is 1. The van der Waals surface area contributed by atoms with E-state index in [4.69, 9.17) is 21.7 Å². The summed E-state index contributed by atoms with van der Waals surface area (Å²) >= 11 is 0. The van der Waals surface area contributed by atoms with Gasteiger partial charge < -0.3 is 79.5 Å². The van der Waals surface area contributed by atoms with Crippen LogP contribution in [0.2, 0.25) is 0 Å². The van der Waals surface area contributed by atoms with E-state index in [9.17, 15) is 53.7 Å². The SMILES string of the molecule is C=C(N)NCCC[C@@H](NC(=O)[C@@H](NC(=O)[C@@H](N)[C@H](O)C(C)C)[C@@H](C)CC)C(=O)N[C@H](C(=O)N[C@H](C(=O)NCC(=O)N[C@@H](CO)C(=O)N[C@@H](CO)C(=O)O)[C@H](C)O)[C@@H](C)CC. The molecule has 0 rings (SSSR count). The standard InChI is InChI=1S/C37H68N10O13/c1-9-18(5)27(46-33(55)26(39)30(52)17(3)4)35(57)43-22(12-11-13-40-21(8)38)31(53)45-28(19(6)10-2)36(58)47-29(20(7)50)34(56)41-14-25(51)42-23(15-48)32(54)44-24(16-49)37(59)60/h17-20,22-24,26-30,40,48-50,52H,8-16,38-39H2,1-7H3,(H,41,56)(H,42,51)(H,43,57)(H,44,54)(H,45,53)(H,46,55)(H,47,58)(H,59,60)/t18-,19-,20-,22+,23-,24-,26-,27-,28-,29-,30+/m0/s1. The quantitative estimate of drug-likeness (QED) is 0.0312. The van der Waals surface area contributed by atoms with Crippen molar-refractivity contribution in [2.75, 3.05) is 26.3 Å². The van der Waals surface area contributed by atoms with Gasteiger partial charge in [0.25, 0.3) is 0 Å². The van der Waals surface area contributed by atoms with Crippen molar-refractivity contribution in [3.63, 3.8) is 0 Å². The number of carboxylic acids is 1. The lowest BCUT2D eigenvalue weighted by atomic mass is 9.95. The molecule has 60 heavy (non-hydrogen) atoms. The van der Waals surface area contributed by atoms with Crippen LogP contribution in [-0.2, 0) is 38.4 Å². The molecule has 0 aliphatic rings. The Balaban J connectivity index is 6.18. The van der Waals surface area contributed by atoms with Crippen LogP contribution in [0.5, 0.6) is 0 Å². The third kappa shape index (κ3) is 18.9. The van der Waals surface area contributed by atoms with Gasteiger partial charge in [-0.3, -0.25) is 33.6 Å². The highest BCUT2D eigenvalue weighted by molar-refractivity contribution is 5.97. The van der Waals surface area contributed by atoms with E-state index < -0.39 is 133 Å². The maximum atomic E-state index is 13.9. The van der Waals surface area contributed by atoms with Crippen LogP contribution < -0.4 is 54.0 Å². The van der Waals surface area contributed by atoms with Crippen LogP contribution in [0.3, 0.4) is 0 Å². The van der Waals surface area contributed by atoms with Gasteiger partial charge in [0.05, 0.1) is 37.8 Å². The molecule has 0 aromatic rings. The second-order valence-corrected chi connectivity index (χ2v) is 15.0. The van der Waals surface area contributed by atoms with Gasteiger partial charge in [-0.1, -0.05) is 61.0 Å². The molecule has 0 aromatic carbocycles. The zero-order valence-corrected chi connectivity index (χ0v) is 35.4. The minimum absolute atomic E-state index is 0.0145. The third-order valence-electron chi connectivity index (χ3n) is 9.71. The van der Waals surface area contributed by atoms with E-state index in [1.165, 1.54) is 6.92 Å². The van der Waals surface area contributed by atoms with Crippen LogP contribution in [0.4, 0.5) is 0 Å². The average Bonchev–Trinajstić information content (AvgIpc) is 3.19. The lowest BCUT2D eigenvalue weighted by Gasteiger charge is -2.31. The maximum absolute atomic E-state index is 13.9. The molecule has 0 aromatic heterocycles. The molecule has 0 aliphatic heterocycles. The molecule has 11 atom stereocenters. The van der Waals surface area contributed by atoms with Gasteiger partial charge in [-0.2, -0.15) is 0 Å². The van der Waals surface area contributed by atoms with Crippen LogP contribution in [0.1, 0.15) is 74.1 Å². The van der Waals surface area contributed by atoms with Gasteiger partial charge in [0.2, 0.25) is 41.4 Å². The van der Waals surface area contributed by atoms with Gasteiger partial charge >= 0.3 is 5.97 Å². The fraction of sp³-hybridized carbons (Fsp3) is 0.730. The van der Waals surface area contributed by atoms with Gasteiger partial charge in [-0.15, -0.1) is 0 Å². The lowest BCUT2D eigenvalue weighted by Crippen LogP contribution is -2.62. The first-order chi connectivity index (χ1) is 28.0. The Bertz CT molecular complexity index is 1470. The van der Waals surface area contributed by atoms with Crippen molar-refractivity contribution < 1.29 is 63.9 Å². The number of carbonyl (C=O) groups excluding carboxylic acids is 7. The first kappa shape index (κ1) is 54.9. The smallest absolute Gasteiger partial charge is 0.328 e. The molecule has 0 saturated heterocycles. The summed E-state index contributed by atoms with van der Waals surface area (Å²) in [6.45, 7) is 12.4. The number of nitrogens with two attached hydrogens (primary N) is 2. The van der Waals surface area contributed by atoms with E-state index >= 15 is 0 Å². The second-order valence-electron chi connectivity index (χ2n) is 15.0. The summed E-state index contributed by atoms with van der Waals surface area (Å²) in [5, 5.41) is 67.7. The highest BCUT2D eigenvalue weighted by Crippen LogP contribution is 2.13. The molecule has 0 unspecified atom stereocenters. The zero-order chi connectivity index (χ0) is 46.4. The van der Waals surface area contributed by atoms with Crippen molar-refractivity contribution in [3.8, 4) is 0 Å². The topological polar surface area (TPSA) is 386 Å². The predicted molar refractivity (Wildman–Crippen MR) is 216 cm³/mol. The third-order valence-corrected chi connectivity index (χ3v) is 9.71. The molecule has 23 nitrogen and oxygen atoms in total. The molecule has 0 radical (unpaired) electrons. The van der Waals surface area contributed by atoms with Gasteiger partial charge in [-0.05, 0) is 37.5 Å². The second kappa shape index (κ2) is 27.6. The van der Waals surface area contributed by atoms with E-state index in [0.717, 1.165) is 0 Å². The van der Waals surface area contributed by atoms with Gasteiger partial charge in [-0.25, -0.2) is 4.79 Å². The summed E-state index contributed by atoms with van der Waals surface area (Å²) in [7, 11) is 0. The van der Waals surface area contributed by atoms with Gasteiger partial charge in [0.15, 0.2) is 0 Å². The Morgan fingerprint density at radius 1 is 0.617 bits per heavy atom. The summed E-state index contributed by atoms with van der Waals surface area (Å²) in [4.78, 5) is 103. The molecule has 7 amide bonds. The normalized spacial score (nSPS) is 16.7. The Hall–Kier alpha value is -5.10. The first-order valence-electron chi connectivity index (χ1n) is 19.8. The molecule has 0 heterocycles. The summed E-state index contributed by atoms with van der Waals surface area (Å²) in [5.41, 5.74) is 11.6. The lowest BCUT2D eigenvalue weighted by molar-refractivity contribution is -0.143. The van der Waals surface area contributed by atoms with Crippen molar-refractivity contribution in [3.05, 3.63) is 12.4 Å². The molecule has 0 bridgehead atoms. The van der Waals surface area contributed by atoms with E-state index in [0.29, 0.717) is 12.8 Å². The number of hydrogen-bond acceptors (Lipinski definition) is 15. The fourth-order valence-electron chi connectivity index (χ4n) is 5.39. The number of rotatable bonds is 29. The van der Waals surface area contributed by atoms with Crippen LogP contribution in [0, 0.1) is 17.8 Å². The molecule has 0 aliphatic carbocycles. The number of nitrogens with one attached hydrogen (secondary N) is 8. The molecular weight excluding hydrogens is 792 g/mol. The largest absolute Gasteiger partial charge is 0.480 e.